The topological polar surface area (TPSA) is 52.7 Å². The first-order valence-corrected chi connectivity index (χ1v) is 13.6. The van der Waals surface area contributed by atoms with Crippen molar-refractivity contribution < 1.29 is 4.79 Å². The van der Waals surface area contributed by atoms with E-state index in [4.69, 9.17) is 23.2 Å². The summed E-state index contributed by atoms with van der Waals surface area (Å²) >= 11 is 11.8. The summed E-state index contributed by atoms with van der Waals surface area (Å²) in [7, 11) is 0. The minimum Gasteiger partial charge on any atom is -0.294 e. The number of nitrogens with zero attached hydrogens (tertiary/aromatic N) is 4. The molecule has 5 nitrogen and oxygen atoms in total. The highest BCUT2D eigenvalue weighted by atomic mass is 35.5. The fraction of sp³-hybridized carbons (Fsp3) is 0.387. The van der Waals surface area contributed by atoms with Gasteiger partial charge in [0.05, 0.1) is 34.0 Å². The van der Waals surface area contributed by atoms with Crippen molar-refractivity contribution in [3.05, 3.63) is 93.0 Å². The third kappa shape index (κ3) is 7.15. The molecular weight excluding hydrogens is 515 g/mol. The summed E-state index contributed by atoms with van der Waals surface area (Å²) in [5.74, 6) is 0.793. The Morgan fingerprint density at radius 2 is 1.34 bits per heavy atom. The van der Waals surface area contributed by atoms with Crippen molar-refractivity contribution in [2.75, 3.05) is 0 Å². The van der Waals surface area contributed by atoms with Crippen LogP contribution in [0.1, 0.15) is 79.1 Å². The zero-order valence-corrected chi connectivity index (χ0v) is 23.5. The van der Waals surface area contributed by atoms with E-state index in [1.165, 1.54) is 32.1 Å². The molecule has 0 N–H and O–H groups in total. The molecule has 4 aromatic rings. The molecular formula is C31H38Cl2N4O. The number of carbonyl (C=O) groups is 1. The van der Waals surface area contributed by atoms with Crippen molar-refractivity contribution in [3.63, 3.8) is 0 Å². The molecule has 1 saturated carbocycles. The summed E-state index contributed by atoms with van der Waals surface area (Å²) in [4.78, 5) is 12.8. The molecule has 2 aromatic carbocycles. The van der Waals surface area contributed by atoms with Crippen LogP contribution in [0.15, 0.2) is 54.6 Å². The summed E-state index contributed by atoms with van der Waals surface area (Å²) in [6.07, 6.45) is 6.88. The van der Waals surface area contributed by atoms with Gasteiger partial charge in [0.2, 0.25) is 0 Å². The molecule has 0 aliphatic heterocycles. The van der Waals surface area contributed by atoms with Gasteiger partial charge in [0.25, 0.3) is 0 Å². The second-order valence-electron chi connectivity index (χ2n) is 9.88. The van der Waals surface area contributed by atoms with Crippen molar-refractivity contribution in [2.24, 2.45) is 5.92 Å². The lowest BCUT2D eigenvalue weighted by molar-refractivity contribution is 0.0949. The predicted molar refractivity (Wildman–Crippen MR) is 158 cm³/mol. The molecule has 0 radical (unpaired) electrons. The van der Waals surface area contributed by atoms with E-state index in [-0.39, 0.29) is 13.2 Å². The number of halogens is 2. The third-order valence-corrected chi connectivity index (χ3v) is 7.42. The van der Waals surface area contributed by atoms with Crippen LogP contribution in [-0.4, -0.2) is 25.3 Å². The number of hydrogen-bond acceptors (Lipinski definition) is 3. The Bertz CT molecular complexity index is 1350. The predicted octanol–water partition coefficient (Wildman–Crippen LogP) is 9.07. The molecule has 0 amide bonds. The smallest absolute Gasteiger partial charge is 0.166 e. The first-order chi connectivity index (χ1) is 17.7. The van der Waals surface area contributed by atoms with Crippen LogP contribution in [0.5, 0.6) is 0 Å². The molecule has 1 aliphatic carbocycles. The zero-order valence-electron chi connectivity index (χ0n) is 22.0. The maximum absolute atomic E-state index is 12.8. The summed E-state index contributed by atoms with van der Waals surface area (Å²) in [6.45, 7) is 7.92. The van der Waals surface area contributed by atoms with Gasteiger partial charge in [-0.2, -0.15) is 10.2 Å². The number of hydrogen-bond donors (Lipinski definition) is 0. The standard InChI is InChI=1S/C19H23ClN2O.C11H11ClN2.CH4/c1-13-19(18(23)12-15-6-4-3-5-7-15)14(2)22(21-13)17-10-8-16(20)9-11-17;1-8-7-9(2)14(13-8)11-5-3-10(12)4-6-11;/h8-11,15H,3-7,12H2,1-2H3;3-7H,1-2H3;1H4. The highest BCUT2D eigenvalue weighted by molar-refractivity contribution is 6.30. The van der Waals surface area contributed by atoms with Crippen LogP contribution in [0.25, 0.3) is 11.4 Å². The Labute approximate surface area is 236 Å². The summed E-state index contributed by atoms with van der Waals surface area (Å²) in [5.41, 5.74) is 6.67. The van der Waals surface area contributed by atoms with Gasteiger partial charge < -0.3 is 0 Å². The molecule has 0 unspecified atom stereocenters. The van der Waals surface area contributed by atoms with Gasteiger partial charge in [0.1, 0.15) is 0 Å². The van der Waals surface area contributed by atoms with Gasteiger partial charge in [0, 0.05) is 22.2 Å². The molecule has 202 valence electrons. The molecule has 0 spiro atoms. The fourth-order valence-corrected chi connectivity index (χ4v) is 5.36. The highest BCUT2D eigenvalue weighted by Crippen LogP contribution is 2.29. The first kappa shape index (κ1) is 29.7. The maximum atomic E-state index is 12.8. The van der Waals surface area contributed by atoms with Crippen molar-refractivity contribution in [1.29, 1.82) is 0 Å². The first-order valence-electron chi connectivity index (χ1n) is 12.9. The SMILES string of the molecule is C.Cc1cc(C)n(-c2ccc(Cl)cc2)n1.Cc1nn(-c2ccc(Cl)cc2)c(C)c1C(=O)CC1CCCCC1. The zero-order chi connectivity index (χ0) is 26.5. The number of ketones is 1. The van der Waals surface area contributed by atoms with Crippen LogP contribution in [0.4, 0.5) is 0 Å². The number of benzene rings is 2. The second kappa shape index (κ2) is 13.3. The van der Waals surface area contributed by atoms with Crippen molar-refractivity contribution in [2.45, 2.75) is 73.6 Å². The summed E-state index contributed by atoms with van der Waals surface area (Å²) in [5, 5.41) is 10.4. The van der Waals surface area contributed by atoms with E-state index in [2.05, 4.69) is 16.3 Å². The lowest BCUT2D eigenvalue weighted by Gasteiger charge is -2.20. The normalized spacial score (nSPS) is 13.4. The van der Waals surface area contributed by atoms with Crippen molar-refractivity contribution in [3.8, 4) is 11.4 Å². The lowest BCUT2D eigenvalue weighted by Crippen LogP contribution is -2.13. The molecule has 1 fully saturated rings. The van der Waals surface area contributed by atoms with Gasteiger partial charge >= 0.3 is 0 Å². The summed E-state index contributed by atoms with van der Waals surface area (Å²) in [6, 6.07) is 17.3. The fourth-order valence-electron chi connectivity index (χ4n) is 5.11. The van der Waals surface area contributed by atoms with E-state index in [0.29, 0.717) is 17.4 Å². The van der Waals surface area contributed by atoms with Crippen molar-refractivity contribution >= 4 is 29.0 Å². The third-order valence-electron chi connectivity index (χ3n) is 6.92. The van der Waals surface area contributed by atoms with E-state index in [0.717, 1.165) is 44.7 Å². The molecule has 2 heterocycles. The van der Waals surface area contributed by atoms with Crippen molar-refractivity contribution in [1.82, 2.24) is 19.6 Å². The van der Waals surface area contributed by atoms with Gasteiger partial charge in [-0.25, -0.2) is 9.36 Å². The monoisotopic (exact) mass is 552 g/mol. The van der Waals surface area contributed by atoms with Crippen LogP contribution in [0.2, 0.25) is 10.0 Å². The van der Waals surface area contributed by atoms with Gasteiger partial charge in [-0.3, -0.25) is 4.79 Å². The van der Waals surface area contributed by atoms with E-state index in [9.17, 15) is 4.79 Å². The van der Waals surface area contributed by atoms with Crippen LogP contribution in [0.3, 0.4) is 0 Å². The number of aromatic nitrogens is 4. The van der Waals surface area contributed by atoms with E-state index >= 15 is 0 Å². The molecule has 7 heteroatoms. The molecule has 1 aliphatic rings. The molecule has 38 heavy (non-hydrogen) atoms. The van der Waals surface area contributed by atoms with Gasteiger partial charge in [0.15, 0.2) is 5.78 Å². The van der Waals surface area contributed by atoms with E-state index in [1.54, 1.807) is 0 Å². The highest BCUT2D eigenvalue weighted by Gasteiger charge is 2.23. The molecule has 0 atom stereocenters. The minimum absolute atomic E-state index is 0. The quantitative estimate of drug-likeness (QED) is 0.232. The van der Waals surface area contributed by atoms with E-state index in [1.807, 2.05) is 85.6 Å². The molecule has 5 rings (SSSR count). The Balaban J connectivity index is 0.000000229. The number of carbonyl (C=O) groups excluding carboxylic acids is 1. The average molecular weight is 554 g/mol. The van der Waals surface area contributed by atoms with Crippen LogP contribution in [0, 0.1) is 33.6 Å². The Morgan fingerprint density at radius 1 is 0.816 bits per heavy atom. The average Bonchev–Trinajstić information content (AvgIpc) is 3.37. The van der Waals surface area contributed by atoms with Gasteiger partial charge in [-0.1, -0.05) is 62.7 Å². The molecule has 0 saturated heterocycles. The molecule has 2 aromatic heterocycles. The van der Waals surface area contributed by atoms with Crippen LogP contribution < -0.4 is 0 Å². The van der Waals surface area contributed by atoms with E-state index < -0.39 is 0 Å². The number of Topliss-reactive ketones (excluding diaryl/α,β-unsaturated/α-hetero) is 1. The Kier molecular flexibility index (Phi) is 10.3. The minimum atomic E-state index is 0. The van der Waals surface area contributed by atoms with Gasteiger partial charge in [-0.15, -0.1) is 0 Å². The van der Waals surface area contributed by atoms with Crippen LogP contribution >= 0.6 is 23.2 Å². The van der Waals surface area contributed by atoms with Crippen LogP contribution in [-0.2, 0) is 0 Å². The van der Waals surface area contributed by atoms with Gasteiger partial charge in [-0.05, 0) is 88.2 Å². The number of rotatable bonds is 5. The number of aryl methyl sites for hydroxylation is 3. The maximum Gasteiger partial charge on any atom is 0.166 e. The lowest BCUT2D eigenvalue weighted by atomic mass is 9.84. The second-order valence-corrected chi connectivity index (χ2v) is 10.8. The summed E-state index contributed by atoms with van der Waals surface area (Å²) < 4.78 is 3.76. The Hall–Kier alpha value is -2.89. The Morgan fingerprint density at radius 3 is 1.84 bits per heavy atom. The largest absolute Gasteiger partial charge is 0.294 e. The molecule has 0 bridgehead atoms.